The number of aromatic nitrogens is 1. The molecule has 6 rings (SSSR count). The number of urea groups is 1. The summed E-state index contributed by atoms with van der Waals surface area (Å²) in [6, 6.07) is 12.0. The lowest BCUT2D eigenvalue weighted by atomic mass is 10.1. The second kappa shape index (κ2) is 12.4. The van der Waals surface area contributed by atoms with Gasteiger partial charge in [-0.3, -0.25) is 14.5 Å². The minimum absolute atomic E-state index is 0.0509. The van der Waals surface area contributed by atoms with Crippen LogP contribution in [0, 0.1) is 0 Å². The second-order valence-corrected chi connectivity index (χ2v) is 10.6. The van der Waals surface area contributed by atoms with Gasteiger partial charge in [-0.05, 0) is 48.9 Å². The van der Waals surface area contributed by atoms with Gasteiger partial charge in [-0.25, -0.2) is 9.78 Å². The first-order valence-corrected chi connectivity index (χ1v) is 14.6. The van der Waals surface area contributed by atoms with Gasteiger partial charge in [0.2, 0.25) is 5.91 Å². The number of thiophene rings is 1. The number of alkyl halides is 3. The summed E-state index contributed by atoms with van der Waals surface area (Å²) in [5, 5.41) is 5.85. The molecule has 0 saturated carbocycles. The molecule has 1 fully saturated rings. The molecule has 0 unspecified atom stereocenters. The number of nitrogens with zero attached hydrogens (tertiary/aromatic N) is 3. The Balaban J connectivity index is 0.00000188. The van der Waals surface area contributed by atoms with E-state index in [0.29, 0.717) is 35.5 Å². The molecule has 2 aromatic carbocycles. The maximum atomic E-state index is 14.3. The Morgan fingerprint density at radius 2 is 1.86 bits per heavy atom. The van der Waals surface area contributed by atoms with Crippen molar-refractivity contribution in [1.82, 2.24) is 15.2 Å². The van der Waals surface area contributed by atoms with Crippen LogP contribution in [0.1, 0.15) is 35.5 Å². The first kappa shape index (κ1) is 30.5. The number of hydrogen-bond donors (Lipinski definition) is 2. The van der Waals surface area contributed by atoms with Crippen LogP contribution < -0.4 is 20.3 Å². The van der Waals surface area contributed by atoms with Crippen molar-refractivity contribution < 1.29 is 32.3 Å². The van der Waals surface area contributed by atoms with Crippen molar-refractivity contribution >= 4 is 56.5 Å². The first-order valence-electron chi connectivity index (χ1n) is 13.8. The average Bonchev–Trinajstić information content (AvgIpc) is 3.64. The number of ether oxygens (including phenoxy) is 1. The second-order valence-electron chi connectivity index (χ2n) is 9.62. The average molecular weight is 624 g/mol. The number of hydrogen-bond acceptors (Lipinski definition) is 6. The quantitative estimate of drug-likeness (QED) is 0.219. The molecule has 44 heavy (non-hydrogen) atoms. The van der Waals surface area contributed by atoms with Gasteiger partial charge in [-0.2, -0.15) is 13.2 Å². The van der Waals surface area contributed by atoms with E-state index in [4.69, 9.17) is 4.74 Å². The molecule has 228 valence electrons. The lowest BCUT2D eigenvalue weighted by molar-refractivity contribution is -0.137. The summed E-state index contributed by atoms with van der Waals surface area (Å²) in [6.45, 7) is 8.25. The topological polar surface area (TPSA) is 104 Å². The third-order valence-corrected chi connectivity index (χ3v) is 8.05. The monoisotopic (exact) mass is 623 g/mol. The Morgan fingerprint density at radius 1 is 1.11 bits per heavy atom. The lowest BCUT2D eigenvalue weighted by Gasteiger charge is -2.30. The third-order valence-electron chi connectivity index (χ3n) is 6.96. The molecular weight excluding hydrogens is 595 g/mol. The van der Waals surface area contributed by atoms with Gasteiger partial charge in [0.05, 0.1) is 28.0 Å². The molecule has 4 heterocycles. The summed E-state index contributed by atoms with van der Waals surface area (Å²) in [7, 11) is 0. The zero-order valence-corrected chi connectivity index (χ0v) is 24.6. The van der Waals surface area contributed by atoms with Crippen molar-refractivity contribution in [3.63, 3.8) is 0 Å². The number of halogens is 3. The van der Waals surface area contributed by atoms with Gasteiger partial charge >= 0.3 is 12.2 Å². The van der Waals surface area contributed by atoms with Crippen LogP contribution in [0.4, 0.5) is 35.0 Å². The van der Waals surface area contributed by atoms with E-state index < -0.39 is 29.4 Å². The van der Waals surface area contributed by atoms with Gasteiger partial charge in [0.15, 0.2) is 0 Å². The Labute approximate surface area is 254 Å². The van der Waals surface area contributed by atoms with Crippen LogP contribution in [0.2, 0.25) is 0 Å². The molecule has 0 spiro atoms. The number of benzene rings is 2. The number of rotatable bonds is 6. The minimum Gasteiger partial charge on any atom is -0.457 e. The van der Waals surface area contributed by atoms with Crippen LogP contribution in [-0.2, 0) is 11.0 Å². The maximum Gasteiger partial charge on any atom is 0.418 e. The van der Waals surface area contributed by atoms with Crippen molar-refractivity contribution in [2.24, 2.45) is 0 Å². The molecule has 2 N–H and O–H groups in total. The van der Waals surface area contributed by atoms with E-state index in [1.165, 1.54) is 30.5 Å². The summed E-state index contributed by atoms with van der Waals surface area (Å²) >= 11 is 1.01. The summed E-state index contributed by atoms with van der Waals surface area (Å²) in [6.07, 6.45) is -1.69. The Hall–Kier alpha value is -4.91. The predicted molar refractivity (Wildman–Crippen MR) is 163 cm³/mol. The van der Waals surface area contributed by atoms with Crippen molar-refractivity contribution in [2.75, 3.05) is 23.3 Å². The Bertz CT molecular complexity index is 1740. The van der Waals surface area contributed by atoms with Gasteiger partial charge in [-0.1, -0.05) is 38.6 Å². The largest absolute Gasteiger partial charge is 0.457 e. The molecule has 0 bridgehead atoms. The highest BCUT2D eigenvalue weighted by molar-refractivity contribution is 7.21. The fourth-order valence-corrected chi connectivity index (χ4v) is 6.09. The highest BCUT2D eigenvalue weighted by Crippen LogP contribution is 2.48. The van der Waals surface area contributed by atoms with E-state index in [0.717, 1.165) is 22.3 Å². The Kier molecular flexibility index (Phi) is 8.59. The van der Waals surface area contributed by atoms with E-state index in [2.05, 4.69) is 22.2 Å². The molecule has 13 heteroatoms. The van der Waals surface area contributed by atoms with Crippen LogP contribution in [-0.4, -0.2) is 46.9 Å². The van der Waals surface area contributed by atoms with Gasteiger partial charge in [-0.15, -0.1) is 11.3 Å². The standard InChI is InChI=1S/C29H22F3N5O4S.C2H6/c1-2-22(38)36-13-11-16(15-36)34-26(39)25-24-23-21(10-12-33-27(23)42-25)37(28(40)35-24)20-9-8-18(14-19(20)29(30,31)32)41-17-6-4-3-5-7-17;1-2/h2-10,12,14,16H,1,11,13,15H2,(H,34,39)(H,35,40);1-2H3/t16-;/m1./s1. The van der Waals surface area contributed by atoms with Crippen LogP contribution in [0.5, 0.6) is 11.5 Å². The van der Waals surface area contributed by atoms with Crippen molar-refractivity contribution in [3.05, 3.63) is 83.9 Å². The number of pyridine rings is 1. The summed E-state index contributed by atoms with van der Waals surface area (Å²) in [4.78, 5) is 46.0. The smallest absolute Gasteiger partial charge is 0.418 e. The fraction of sp³-hybridized carbons (Fsp3) is 0.226. The number of carbonyl (C=O) groups is 3. The predicted octanol–water partition coefficient (Wildman–Crippen LogP) is 7.33. The van der Waals surface area contributed by atoms with Crippen LogP contribution in [0.25, 0.3) is 10.2 Å². The number of likely N-dealkylation sites (tertiary alicyclic amines) is 1. The molecule has 1 saturated heterocycles. The number of amides is 4. The van der Waals surface area contributed by atoms with Crippen LogP contribution >= 0.6 is 11.3 Å². The van der Waals surface area contributed by atoms with Gasteiger partial charge in [0.25, 0.3) is 5.91 Å². The zero-order valence-electron chi connectivity index (χ0n) is 23.8. The van der Waals surface area contributed by atoms with Crippen molar-refractivity contribution in [3.8, 4) is 11.5 Å². The fourth-order valence-electron chi connectivity index (χ4n) is 5.07. The van der Waals surface area contributed by atoms with E-state index in [1.54, 1.807) is 35.2 Å². The van der Waals surface area contributed by atoms with Crippen LogP contribution in [0.3, 0.4) is 0 Å². The molecule has 4 aromatic rings. The normalized spacial score (nSPS) is 15.8. The molecule has 0 radical (unpaired) electrons. The van der Waals surface area contributed by atoms with E-state index in [1.807, 2.05) is 13.8 Å². The molecule has 2 aromatic heterocycles. The number of nitrogens with one attached hydrogen (secondary N) is 2. The van der Waals surface area contributed by atoms with Gasteiger partial charge in [0.1, 0.15) is 21.2 Å². The number of carbonyl (C=O) groups excluding carboxylic acids is 3. The lowest BCUT2D eigenvalue weighted by Crippen LogP contribution is -2.39. The Morgan fingerprint density at radius 3 is 2.57 bits per heavy atom. The molecular formula is C31H28F3N5O4S. The number of anilines is 3. The molecule has 2 aliphatic heterocycles. The van der Waals surface area contributed by atoms with Crippen molar-refractivity contribution in [2.45, 2.75) is 32.5 Å². The molecule has 1 atom stereocenters. The highest BCUT2D eigenvalue weighted by Gasteiger charge is 2.40. The van der Waals surface area contributed by atoms with Crippen LogP contribution in [0.15, 0.2) is 73.4 Å². The maximum absolute atomic E-state index is 14.3. The summed E-state index contributed by atoms with van der Waals surface area (Å²) in [5.41, 5.74) is -1.16. The number of para-hydroxylation sites is 1. The van der Waals surface area contributed by atoms with E-state index in [-0.39, 0.29) is 34.0 Å². The van der Waals surface area contributed by atoms with E-state index >= 15 is 0 Å². The summed E-state index contributed by atoms with van der Waals surface area (Å²) in [5.74, 6) is -0.409. The highest BCUT2D eigenvalue weighted by atomic mass is 32.1. The van der Waals surface area contributed by atoms with Gasteiger partial charge in [0, 0.05) is 25.3 Å². The third kappa shape index (κ3) is 5.82. The molecule has 2 aliphatic rings. The van der Waals surface area contributed by atoms with E-state index in [9.17, 15) is 27.6 Å². The van der Waals surface area contributed by atoms with Gasteiger partial charge < -0.3 is 20.3 Å². The summed E-state index contributed by atoms with van der Waals surface area (Å²) < 4.78 is 48.6. The molecule has 0 aliphatic carbocycles. The zero-order chi connectivity index (χ0) is 31.6. The first-order chi connectivity index (χ1) is 21.1. The van der Waals surface area contributed by atoms with Crippen molar-refractivity contribution in [1.29, 1.82) is 0 Å². The SMILES string of the molecule is C=CC(=O)N1CC[C@@H](NC(=O)c2sc3nccc4c3c2NC(=O)N4c2ccc(Oc3ccccc3)cc2C(F)(F)F)C1.CC. The minimum atomic E-state index is -4.82. The molecule has 9 nitrogen and oxygen atoms in total. The molecule has 4 amide bonds.